The third kappa shape index (κ3) is 4.84. The van der Waals surface area contributed by atoms with E-state index < -0.39 is 31.4 Å². The van der Waals surface area contributed by atoms with E-state index >= 15 is 0 Å². The molecular formula is C23H29N3O5S2. The van der Waals surface area contributed by atoms with E-state index in [2.05, 4.69) is 9.62 Å². The van der Waals surface area contributed by atoms with Gasteiger partial charge in [-0.25, -0.2) is 25.9 Å². The Morgan fingerprint density at radius 1 is 1.00 bits per heavy atom. The maximum Gasteiger partial charge on any atom is 0.247 e. The zero-order valence-electron chi connectivity index (χ0n) is 18.8. The number of likely N-dealkylation sites (tertiary alicyclic amines) is 1. The van der Waals surface area contributed by atoms with Crippen molar-refractivity contribution in [3.8, 4) is 0 Å². The summed E-state index contributed by atoms with van der Waals surface area (Å²) in [6.07, 6.45) is 2.18. The van der Waals surface area contributed by atoms with Gasteiger partial charge in [0.05, 0.1) is 21.8 Å². The van der Waals surface area contributed by atoms with Crippen LogP contribution >= 0.6 is 0 Å². The molecule has 2 aliphatic rings. The van der Waals surface area contributed by atoms with Crippen molar-refractivity contribution in [3.63, 3.8) is 0 Å². The summed E-state index contributed by atoms with van der Waals surface area (Å²) in [4.78, 5) is 14.9. The quantitative estimate of drug-likeness (QED) is 0.638. The first-order chi connectivity index (χ1) is 15.5. The molecule has 0 aromatic heterocycles. The molecule has 10 heteroatoms. The van der Waals surface area contributed by atoms with Crippen molar-refractivity contribution >= 4 is 31.6 Å². The zero-order valence-corrected chi connectivity index (χ0v) is 20.4. The largest absolute Gasteiger partial charge is 0.295 e. The number of benzene rings is 2. The molecule has 0 saturated carbocycles. The van der Waals surface area contributed by atoms with E-state index in [0.29, 0.717) is 0 Å². The average Bonchev–Trinajstić information content (AvgIpc) is 3.33. The standard InChI is InChI=1S/C23H29N3O5S2/c1-23(2)17-32(28,29)26(22(23)27)19-10-12-20(13-11-19)33(30,31)24-16-21(25-14-6-7-15-25)18-8-4-3-5-9-18/h3-5,8-13,21,24H,6-7,14-17H2,1-2H3/t21-/m0/s1. The fourth-order valence-corrected chi connectivity index (χ4v) is 7.63. The molecule has 2 aliphatic heterocycles. The lowest BCUT2D eigenvalue weighted by atomic mass is 9.95. The van der Waals surface area contributed by atoms with Crippen molar-refractivity contribution in [2.45, 2.75) is 37.6 Å². The van der Waals surface area contributed by atoms with Crippen molar-refractivity contribution in [2.75, 3.05) is 29.7 Å². The minimum atomic E-state index is -3.83. The Morgan fingerprint density at radius 3 is 2.15 bits per heavy atom. The van der Waals surface area contributed by atoms with E-state index in [-0.39, 0.29) is 28.9 Å². The summed E-state index contributed by atoms with van der Waals surface area (Å²) in [7, 11) is -7.62. The van der Waals surface area contributed by atoms with E-state index in [1.807, 2.05) is 30.3 Å². The Balaban J connectivity index is 1.52. The number of hydrogen-bond donors (Lipinski definition) is 1. The van der Waals surface area contributed by atoms with Crippen LogP contribution in [-0.2, 0) is 24.8 Å². The van der Waals surface area contributed by atoms with Crippen LogP contribution in [-0.4, -0.2) is 53.0 Å². The molecule has 2 fully saturated rings. The molecule has 0 aliphatic carbocycles. The van der Waals surface area contributed by atoms with Crippen molar-refractivity contribution in [1.82, 2.24) is 9.62 Å². The molecule has 0 unspecified atom stereocenters. The Bertz CT molecular complexity index is 1220. The number of nitrogens with zero attached hydrogens (tertiary/aromatic N) is 2. The SMILES string of the molecule is CC1(C)CS(=O)(=O)N(c2ccc(S(=O)(=O)NC[C@@H](c3ccccc3)N3CCCC3)cc2)C1=O. The first-order valence-electron chi connectivity index (χ1n) is 11.0. The number of anilines is 1. The zero-order chi connectivity index (χ0) is 23.9. The molecule has 0 spiro atoms. The van der Waals surface area contributed by atoms with Gasteiger partial charge in [0, 0.05) is 12.6 Å². The van der Waals surface area contributed by atoms with Crippen molar-refractivity contribution in [1.29, 1.82) is 0 Å². The van der Waals surface area contributed by atoms with Gasteiger partial charge in [-0.15, -0.1) is 0 Å². The van der Waals surface area contributed by atoms with E-state index in [4.69, 9.17) is 0 Å². The number of amides is 1. The Morgan fingerprint density at radius 2 is 1.61 bits per heavy atom. The third-order valence-corrected chi connectivity index (χ3v) is 9.66. The van der Waals surface area contributed by atoms with Gasteiger partial charge in [-0.1, -0.05) is 30.3 Å². The van der Waals surface area contributed by atoms with E-state index in [9.17, 15) is 21.6 Å². The van der Waals surface area contributed by atoms with Gasteiger partial charge < -0.3 is 0 Å². The summed E-state index contributed by atoms with van der Waals surface area (Å²) in [5.41, 5.74) is 0.175. The van der Waals surface area contributed by atoms with E-state index in [0.717, 1.165) is 35.8 Å². The number of carbonyl (C=O) groups is 1. The van der Waals surface area contributed by atoms with Crippen molar-refractivity contribution in [2.24, 2.45) is 5.41 Å². The van der Waals surface area contributed by atoms with Gasteiger partial charge in [-0.2, -0.15) is 0 Å². The van der Waals surface area contributed by atoms with E-state index in [1.54, 1.807) is 13.8 Å². The van der Waals surface area contributed by atoms with Gasteiger partial charge in [0.1, 0.15) is 0 Å². The number of hydrogen-bond acceptors (Lipinski definition) is 6. The highest BCUT2D eigenvalue weighted by molar-refractivity contribution is 7.94. The van der Waals surface area contributed by atoms with Gasteiger partial charge >= 0.3 is 0 Å². The summed E-state index contributed by atoms with van der Waals surface area (Å²) < 4.78 is 54.4. The average molecular weight is 492 g/mol. The molecule has 2 heterocycles. The number of carbonyl (C=O) groups excluding carboxylic acids is 1. The number of nitrogens with one attached hydrogen (secondary N) is 1. The summed E-state index contributed by atoms with van der Waals surface area (Å²) >= 11 is 0. The van der Waals surface area contributed by atoms with Crippen LogP contribution in [0, 0.1) is 5.41 Å². The Hall–Kier alpha value is -2.27. The normalized spacial score (nSPS) is 21.4. The molecule has 1 atom stereocenters. The second-order valence-corrected chi connectivity index (χ2v) is 12.8. The topological polar surface area (TPSA) is 104 Å². The van der Waals surface area contributed by atoms with Gasteiger partial charge in [0.2, 0.25) is 26.0 Å². The maximum atomic E-state index is 13.0. The van der Waals surface area contributed by atoms with Crippen LogP contribution in [0.5, 0.6) is 0 Å². The second-order valence-electron chi connectivity index (χ2n) is 9.23. The number of sulfonamides is 2. The van der Waals surface area contributed by atoms with Crippen molar-refractivity contribution < 1.29 is 21.6 Å². The Kier molecular flexibility index (Phi) is 6.38. The summed E-state index contributed by atoms with van der Waals surface area (Å²) in [6, 6.07) is 15.1. The smallest absolute Gasteiger partial charge is 0.247 e. The van der Waals surface area contributed by atoms with Crippen LogP contribution in [0.4, 0.5) is 5.69 Å². The van der Waals surface area contributed by atoms with Crippen LogP contribution in [0.25, 0.3) is 0 Å². The van der Waals surface area contributed by atoms with Crippen molar-refractivity contribution in [3.05, 3.63) is 60.2 Å². The van der Waals surface area contributed by atoms with Crippen LogP contribution in [0.3, 0.4) is 0 Å². The van der Waals surface area contributed by atoms with E-state index in [1.165, 1.54) is 24.3 Å². The highest BCUT2D eigenvalue weighted by atomic mass is 32.2. The molecule has 2 saturated heterocycles. The summed E-state index contributed by atoms with van der Waals surface area (Å²) in [5.74, 6) is -0.801. The van der Waals surface area contributed by atoms with Gasteiger partial charge in [0.15, 0.2) is 0 Å². The summed E-state index contributed by atoms with van der Waals surface area (Å²) in [6.45, 7) is 5.23. The predicted molar refractivity (Wildman–Crippen MR) is 127 cm³/mol. The lowest BCUT2D eigenvalue weighted by Crippen LogP contribution is -2.36. The third-order valence-electron chi connectivity index (χ3n) is 6.20. The first kappa shape index (κ1) is 23.9. The maximum absolute atomic E-state index is 13.0. The molecular weight excluding hydrogens is 462 g/mol. The van der Waals surface area contributed by atoms with Crippen LogP contribution in [0.1, 0.15) is 38.3 Å². The van der Waals surface area contributed by atoms with Gasteiger partial charge in [-0.05, 0) is 69.6 Å². The second kappa shape index (κ2) is 8.83. The van der Waals surface area contributed by atoms with Gasteiger partial charge in [-0.3, -0.25) is 9.69 Å². The first-order valence-corrected chi connectivity index (χ1v) is 14.1. The molecule has 178 valence electrons. The predicted octanol–water partition coefficient (Wildman–Crippen LogP) is 2.50. The minimum absolute atomic E-state index is 0.0165. The highest BCUT2D eigenvalue weighted by Crippen LogP contribution is 2.36. The molecule has 1 amide bonds. The van der Waals surface area contributed by atoms with Gasteiger partial charge in [0.25, 0.3) is 0 Å². The fourth-order valence-electron chi connectivity index (χ4n) is 4.48. The molecule has 1 N–H and O–H groups in total. The molecule has 0 bridgehead atoms. The van der Waals surface area contributed by atoms with Crippen LogP contribution in [0.15, 0.2) is 59.5 Å². The monoisotopic (exact) mass is 491 g/mol. The molecule has 33 heavy (non-hydrogen) atoms. The lowest BCUT2D eigenvalue weighted by molar-refractivity contribution is -0.123. The fraction of sp³-hybridized carbons (Fsp3) is 0.435. The molecule has 2 aromatic carbocycles. The van der Waals surface area contributed by atoms with Crippen LogP contribution in [0.2, 0.25) is 0 Å². The highest BCUT2D eigenvalue weighted by Gasteiger charge is 2.49. The molecule has 2 aromatic rings. The number of rotatable bonds is 7. The van der Waals surface area contributed by atoms with Crippen LogP contribution < -0.4 is 9.03 Å². The Labute approximate surface area is 195 Å². The summed E-state index contributed by atoms with van der Waals surface area (Å²) in [5, 5.41) is 0. The molecule has 4 rings (SSSR count). The lowest BCUT2D eigenvalue weighted by Gasteiger charge is -2.28. The minimum Gasteiger partial charge on any atom is -0.295 e. The molecule has 0 radical (unpaired) electrons. The molecule has 8 nitrogen and oxygen atoms in total.